The summed E-state index contributed by atoms with van der Waals surface area (Å²) in [6, 6.07) is 7.73. The van der Waals surface area contributed by atoms with Gasteiger partial charge in [0.1, 0.15) is 12.2 Å². The fourth-order valence-electron chi connectivity index (χ4n) is 3.38. The van der Waals surface area contributed by atoms with E-state index in [0.717, 1.165) is 16.6 Å². The van der Waals surface area contributed by atoms with Crippen LogP contribution < -0.4 is 4.74 Å². The van der Waals surface area contributed by atoms with Gasteiger partial charge in [0, 0.05) is 23.6 Å². The number of carbonyl (C=O) groups excluding carboxylic acids is 1. The highest BCUT2D eigenvalue weighted by Gasteiger charge is 2.37. The molecule has 7 nitrogen and oxygen atoms in total. The molecule has 2 aromatic heterocycles. The van der Waals surface area contributed by atoms with Gasteiger partial charge < -0.3 is 19.7 Å². The second kappa shape index (κ2) is 5.93. The van der Waals surface area contributed by atoms with Crippen molar-refractivity contribution in [2.45, 2.75) is 19.1 Å². The van der Waals surface area contributed by atoms with Crippen LogP contribution in [0.4, 0.5) is 0 Å². The number of aromatic amines is 1. The maximum Gasteiger partial charge on any atom is 0.256 e. The molecule has 7 heteroatoms. The lowest BCUT2D eigenvalue weighted by Gasteiger charge is -2.16. The number of likely N-dealkylation sites (tertiary alicyclic amines) is 1. The van der Waals surface area contributed by atoms with Crippen molar-refractivity contribution in [3.63, 3.8) is 0 Å². The molecule has 1 aromatic carbocycles. The fourth-order valence-corrected chi connectivity index (χ4v) is 3.38. The van der Waals surface area contributed by atoms with E-state index in [1.807, 2.05) is 31.2 Å². The number of amides is 1. The van der Waals surface area contributed by atoms with E-state index in [4.69, 9.17) is 4.74 Å². The predicted molar refractivity (Wildman–Crippen MR) is 92.6 cm³/mol. The highest BCUT2D eigenvalue weighted by atomic mass is 16.5. The number of rotatable bonds is 3. The van der Waals surface area contributed by atoms with E-state index in [0.29, 0.717) is 17.9 Å². The van der Waals surface area contributed by atoms with Crippen molar-refractivity contribution < 1.29 is 14.6 Å². The molecule has 0 saturated carbocycles. The number of aryl methyl sites for hydroxylation is 2. The molecule has 2 N–H and O–H groups in total. The Morgan fingerprint density at radius 2 is 2.16 bits per heavy atom. The Labute approximate surface area is 144 Å². The van der Waals surface area contributed by atoms with Crippen LogP contribution in [0.15, 0.2) is 36.7 Å². The third kappa shape index (κ3) is 2.76. The van der Waals surface area contributed by atoms with E-state index in [1.165, 1.54) is 0 Å². The number of benzene rings is 1. The topological polar surface area (TPSA) is 83.4 Å². The summed E-state index contributed by atoms with van der Waals surface area (Å²) in [6.07, 6.45) is 2.15. The van der Waals surface area contributed by atoms with Crippen LogP contribution in [0, 0.1) is 6.92 Å². The minimum absolute atomic E-state index is 0.0914. The number of fused-ring (bicyclic) bond motifs is 1. The van der Waals surface area contributed by atoms with Gasteiger partial charge in [0.15, 0.2) is 5.75 Å². The van der Waals surface area contributed by atoms with Crippen molar-refractivity contribution in [2.75, 3.05) is 13.1 Å². The Morgan fingerprint density at radius 3 is 2.92 bits per heavy atom. The lowest BCUT2D eigenvalue weighted by Crippen LogP contribution is -2.31. The number of nitrogens with one attached hydrogen (secondary N) is 1. The van der Waals surface area contributed by atoms with Gasteiger partial charge >= 0.3 is 0 Å². The summed E-state index contributed by atoms with van der Waals surface area (Å²) in [5.74, 6) is 0.496. The zero-order valence-corrected chi connectivity index (χ0v) is 14.1. The molecular weight excluding hydrogens is 320 g/mol. The maximum atomic E-state index is 13.0. The molecule has 2 atom stereocenters. The number of nitrogens with zero attached hydrogens (tertiary/aromatic N) is 3. The van der Waals surface area contributed by atoms with Gasteiger partial charge in [-0.3, -0.25) is 9.48 Å². The summed E-state index contributed by atoms with van der Waals surface area (Å²) in [7, 11) is 1.80. The normalized spacial score (nSPS) is 20.4. The molecule has 1 saturated heterocycles. The van der Waals surface area contributed by atoms with Crippen LogP contribution in [0.1, 0.15) is 16.1 Å². The van der Waals surface area contributed by atoms with Crippen molar-refractivity contribution >= 4 is 16.8 Å². The van der Waals surface area contributed by atoms with Gasteiger partial charge in [0.25, 0.3) is 5.91 Å². The van der Waals surface area contributed by atoms with E-state index in [9.17, 15) is 9.90 Å². The standard InChI is InChI=1S/C18H20N4O3/c1-11-17(13-5-3-4-6-14(13)20-11)18(24)22-9-15(23)16(10-22)25-12-7-19-21(2)8-12/h3-8,15-16,20,23H,9-10H2,1-2H3/t15-,16-/m1/s1. The summed E-state index contributed by atoms with van der Waals surface area (Å²) < 4.78 is 7.42. The molecule has 1 aliphatic heterocycles. The van der Waals surface area contributed by atoms with Crippen molar-refractivity contribution in [3.05, 3.63) is 47.9 Å². The monoisotopic (exact) mass is 340 g/mol. The van der Waals surface area contributed by atoms with E-state index >= 15 is 0 Å². The first-order chi connectivity index (χ1) is 12.0. The molecule has 130 valence electrons. The molecule has 1 aliphatic rings. The number of carbonyl (C=O) groups is 1. The van der Waals surface area contributed by atoms with Crippen LogP contribution >= 0.6 is 0 Å². The first kappa shape index (κ1) is 15.7. The van der Waals surface area contributed by atoms with Crippen LogP contribution in [-0.4, -0.2) is 56.0 Å². The number of H-pyrrole nitrogens is 1. The van der Waals surface area contributed by atoms with Gasteiger partial charge in [-0.25, -0.2) is 0 Å². The molecule has 4 rings (SSSR count). The number of ether oxygens (including phenoxy) is 1. The number of para-hydroxylation sites is 1. The third-order valence-electron chi connectivity index (χ3n) is 4.60. The van der Waals surface area contributed by atoms with Crippen LogP contribution in [-0.2, 0) is 7.05 Å². The zero-order chi connectivity index (χ0) is 17.6. The van der Waals surface area contributed by atoms with Crippen LogP contribution in [0.5, 0.6) is 5.75 Å². The number of aliphatic hydroxyl groups excluding tert-OH is 1. The molecule has 0 radical (unpaired) electrons. The van der Waals surface area contributed by atoms with Gasteiger partial charge in [-0.15, -0.1) is 0 Å². The van der Waals surface area contributed by atoms with E-state index in [1.54, 1.807) is 29.0 Å². The molecule has 3 heterocycles. The summed E-state index contributed by atoms with van der Waals surface area (Å²) in [5, 5.41) is 15.3. The molecule has 25 heavy (non-hydrogen) atoms. The number of hydrogen-bond acceptors (Lipinski definition) is 4. The highest BCUT2D eigenvalue weighted by molar-refractivity contribution is 6.08. The molecule has 0 unspecified atom stereocenters. The van der Waals surface area contributed by atoms with Gasteiger partial charge in [-0.1, -0.05) is 18.2 Å². The van der Waals surface area contributed by atoms with Crippen LogP contribution in [0.25, 0.3) is 10.9 Å². The lowest BCUT2D eigenvalue weighted by atomic mass is 10.1. The Bertz CT molecular complexity index is 929. The summed E-state index contributed by atoms with van der Waals surface area (Å²) >= 11 is 0. The average Bonchev–Trinajstić information content (AvgIpc) is 3.24. The predicted octanol–water partition coefficient (Wildman–Crippen LogP) is 1.47. The average molecular weight is 340 g/mol. The van der Waals surface area contributed by atoms with Gasteiger partial charge in [0.2, 0.25) is 0 Å². The lowest BCUT2D eigenvalue weighted by molar-refractivity contribution is 0.0729. The number of β-amino-alcohol motifs (C(OH)–C–C–N with tert-alkyl or cyclic N) is 1. The highest BCUT2D eigenvalue weighted by Crippen LogP contribution is 2.26. The summed E-state index contributed by atoms with van der Waals surface area (Å²) in [5.41, 5.74) is 2.42. The number of hydrogen-bond donors (Lipinski definition) is 2. The molecule has 3 aromatic rings. The fraction of sp³-hybridized carbons (Fsp3) is 0.333. The Morgan fingerprint density at radius 1 is 1.36 bits per heavy atom. The smallest absolute Gasteiger partial charge is 0.256 e. The van der Waals surface area contributed by atoms with E-state index in [-0.39, 0.29) is 12.5 Å². The van der Waals surface area contributed by atoms with Crippen molar-refractivity contribution in [1.29, 1.82) is 0 Å². The van der Waals surface area contributed by atoms with E-state index in [2.05, 4.69) is 10.1 Å². The Balaban J connectivity index is 1.55. The molecule has 1 fully saturated rings. The quantitative estimate of drug-likeness (QED) is 0.756. The maximum absolute atomic E-state index is 13.0. The molecule has 0 spiro atoms. The van der Waals surface area contributed by atoms with Crippen LogP contribution in [0.2, 0.25) is 0 Å². The first-order valence-corrected chi connectivity index (χ1v) is 8.23. The largest absolute Gasteiger partial charge is 0.482 e. The van der Waals surface area contributed by atoms with Gasteiger partial charge in [-0.05, 0) is 13.0 Å². The van der Waals surface area contributed by atoms with Crippen molar-refractivity contribution in [3.8, 4) is 5.75 Å². The second-order valence-corrected chi connectivity index (χ2v) is 6.45. The number of aliphatic hydroxyl groups is 1. The minimum atomic E-state index is -0.727. The van der Waals surface area contributed by atoms with Gasteiger partial charge in [-0.2, -0.15) is 5.10 Å². The second-order valence-electron chi connectivity index (χ2n) is 6.45. The van der Waals surface area contributed by atoms with Crippen molar-refractivity contribution in [1.82, 2.24) is 19.7 Å². The third-order valence-corrected chi connectivity index (χ3v) is 4.60. The summed E-state index contributed by atoms with van der Waals surface area (Å²) in [4.78, 5) is 17.9. The number of aromatic nitrogens is 3. The molecule has 0 bridgehead atoms. The van der Waals surface area contributed by atoms with Gasteiger partial charge in [0.05, 0.1) is 31.0 Å². The van der Waals surface area contributed by atoms with Crippen molar-refractivity contribution in [2.24, 2.45) is 7.05 Å². The first-order valence-electron chi connectivity index (χ1n) is 8.23. The Kier molecular flexibility index (Phi) is 3.73. The summed E-state index contributed by atoms with van der Waals surface area (Å²) in [6.45, 7) is 2.49. The van der Waals surface area contributed by atoms with E-state index < -0.39 is 12.2 Å². The Hall–Kier alpha value is -2.80. The van der Waals surface area contributed by atoms with Crippen LogP contribution in [0.3, 0.4) is 0 Å². The SMILES string of the molecule is Cc1[nH]c2ccccc2c1C(=O)N1C[C@@H](O)[C@H](Oc2cnn(C)c2)C1. The molecule has 0 aliphatic carbocycles. The zero-order valence-electron chi connectivity index (χ0n) is 14.1. The minimum Gasteiger partial charge on any atom is -0.482 e. The molecule has 1 amide bonds. The molecular formula is C18H20N4O3.